The van der Waals surface area contributed by atoms with Crippen LogP contribution in [0.2, 0.25) is 0 Å². The fourth-order valence-electron chi connectivity index (χ4n) is 1.91. The highest BCUT2D eigenvalue weighted by atomic mass is 35.5. The van der Waals surface area contributed by atoms with Crippen molar-refractivity contribution in [2.45, 2.75) is 19.9 Å². The minimum Gasteiger partial charge on any atom is -0.352 e. The van der Waals surface area contributed by atoms with Crippen molar-refractivity contribution in [3.05, 3.63) is 35.4 Å². The fourth-order valence-corrected chi connectivity index (χ4v) is 2.84. The monoisotopic (exact) mass is 349 g/mol. The van der Waals surface area contributed by atoms with Crippen LogP contribution in [0.1, 0.15) is 29.3 Å². The van der Waals surface area contributed by atoms with E-state index in [4.69, 9.17) is 5.73 Å². The molecule has 0 aliphatic rings. The number of amides is 1. The third kappa shape index (κ3) is 6.74. The molecule has 126 valence electrons. The Kier molecular flexibility index (Phi) is 9.27. The molecule has 0 spiro atoms. The van der Waals surface area contributed by atoms with Crippen molar-refractivity contribution in [3.63, 3.8) is 0 Å². The lowest BCUT2D eigenvalue weighted by Gasteiger charge is -2.17. The molecule has 0 radical (unpaired) electrons. The quantitative estimate of drug-likeness (QED) is 0.684. The van der Waals surface area contributed by atoms with E-state index in [1.165, 1.54) is 10.6 Å². The first-order valence-corrected chi connectivity index (χ1v) is 8.75. The smallest absolute Gasteiger partial charge is 0.251 e. The van der Waals surface area contributed by atoms with E-state index in [0.29, 0.717) is 38.2 Å². The molecule has 0 unspecified atom stereocenters. The molecular formula is C14H24ClN3O3S. The molecule has 0 saturated heterocycles. The van der Waals surface area contributed by atoms with Gasteiger partial charge in [-0.25, -0.2) is 12.7 Å². The number of nitrogens with zero attached hydrogens (tertiary/aromatic N) is 1. The molecule has 0 fully saturated rings. The van der Waals surface area contributed by atoms with Gasteiger partial charge in [-0.2, -0.15) is 0 Å². The molecule has 8 heteroatoms. The molecule has 1 aromatic rings. The molecule has 0 aliphatic heterocycles. The first-order chi connectivity index (χ1) is 9.88. The van der Waals surface area contributed by atoms with Crippen molar-refractivity contribution in [1.82, 2.24) is 9.62 Å². The van der Waals surface area contributed by atoms with Gasteiger partial charge in [0.25, 0.3) is 5.91 Å². The molecule has 6 nitrogen and oxygen atoms in total. The zero-order valence-electron chi connectivity index (χ0n) is 12.9. The lowest BCUT2D eigenvalue weighted by atomic mass is 10.1. The predicted octanol–water partition coefficient (Wildman–Crippen LogP) is 0.969. The fraction of sp³-hybridized carbons (Fsp3) is 0.500. The first-order valence-electron chi connectivity index (χ1n) is 6.90. The van der Waals surface area contributed by atoms with Gasteiger partial charge in [0.15, 0.2) is 0 Å². The Morgan fingerprint density at radius 3 is 2.32 bits per heavy atom. The average Bonchev–Trinajstić information content (AvgIpc) is 2.45. The summed E-state index contributed by atoms with van der Waals surface area (Å²) in [4.78, 5) is 11.9. The summed E-state index contributed by atoms with van der Waals surface area (Å²) in [5.74, 6) is -0.166. The van der Waals surface area contributed by atoms with Crippen LogP contribution in [-0.2, 0) is 16.6 Å². The van der Waals surface area contributed by atoms with Crippen LogP contribution in [0.5, 0.6) is 0 Å². The Balaban J connectivity index is 0.00000441. The number of nitrogens with one attached hydrogen (secondary N) is 1. The summed E-state index contributed by atoms with van der Waals surface area (Å²) in [5, 5.41) is 2.78. The maximum absolute atomic E-state index is 11.9. The van der Waals surface area contributed by atoms with Crippen LogP contribution in [0.4, 0.5) is 0 Å². The minimum absolute atomic E-state index is 0. The maximum atomic E-state index is 11.9. The van der Waals surface area contributed by atoms with Gasteiger partial charge in [0.2, 0.25) is 10.0 Å². The van der Waals surface area contributed by atoms with E-state index in [9.17, 15) is 13.2 Å². The molecule has 1 amide bonds. The number of benzene rings is 1. The third-order valence-corrected chi connectivity index (χ3v) is 4.52. The van der Waals surface area contributed by atoms with E-state index in [0.717, 1.165) is 5.56 Å². The van der Waals surface area contributed by atoms with E-state index in [2.05, 4.69) is 5.32 Å². The molecule has 0 aliphatic carbocycles. The molecule has 0 atom stereocenters. The van der Waals surface area contributed by atoms with E-state index in [1.807, 2.05) is 12.1 Å². The highest BCUT2D eigenvalue weighted by Crippen LogP contribution is 2.04. The summed E-state index contributed by atoms with van der Waals surface area (Å²) in [6, 6.07) is 7.09. The Labute approximate surface area is 138 Å². The molecule has 22 heavy (non-hydrogen) atoms. The van der Waals surface area contributed by atoms with Crippen LogP contribution in [0.3, 0.4) is 0 Å². The van der Waals surface area contributed by atoms with Gasteiger partial charge in [-0.15, -0.1) is 12.4 Å². The highest BCUT2D eigenvalue weighted by molar-refractivity contribution is 7.88. The van der Waals surface area contributed by atoms with Gasteiger partial charge in [0, 0.05) is 31.7 Å². The second-order valence-electron chi connectivity index (χ2n) is 4.77. The van der Waals surface area contributed by atoms with Crippen molar-refractivity contribution in [2.24, 2.45) is 5.73 Å². The summed E-state index contributed by atoms with van der Waals surface area (Å²) in [6.07, 6.45) is 1.77. The van der Waals surface area contributed by atoms with Crippen molar-refractivity contribution in [1.29, 1.82) is 0 Å². The maximum Gasteiger partial charge on any atom is 0.251 e. The first kappa shape index (κ1) is 20.9. The number of sulfonamides is 1. The Morgan fingerprint density at radius 1 is 1.27 bits per heavy atom. The SMILES string of the molecule is CCN(CCCNC(=O)c1ccc(CN)cc1)S(C)(=O)=O.Cl. The van der Waals surface area contributed by atoms with Gasteiger partial charge in [-0.05, 0) is 24.1 Å². The van der Waals surface area contributed by atoms with Gasteiger partial charge in [0.05, 0.1) is 6.26 Å². The van der Waals surface area contributed by atoms with Crippen molar-refractivity contribution < 1.29 is 13.2 Å². The number of hydrogen-bond donors (Lipinski definition) is 2. The summed E-state index contributed by atoms with van der Waals surface area (Å²) >= 11 is 0. The summed E-state index contributed by atoms with van der Waals surface area (Å²) in [6.45, 7) is 3.51. The van der Waals surface area contributed by atoms with Gasteiger partial charge >= 0.3 is 0 Å². The predicted molar refractivity (Wildman–Crippen MR) is 90.6 cm³/mol. The van der Waals surface area contributed by atoms with Gasteiger partial charge in [-0.3, -0.25) is 4.79 Å². The van der Waals surface area contributed by atoms with Crippen LogP contribution in [0, 0.1) is 0 Å². The van der Waals surface area contributed by atoms with Crippen LogP contribution in [-0.4, -0.2) is 44.5 Å². The second kappa shape index (κ2) is 9.78. The second-order valence-corrected chi connectivity index (χ2v) is 6.75. The minimum atomic E-state index is -3.17. The summed E-state index contributed by atoms with van der Waals surface area (Å²) < 4.78 is 24.2. The normalized spacial score (nSPS) is 11.1. The number of carbonyl (C=O) groups is 1. The molecule has 0 bridgehead atoms. The molecule has 1 rings (SSSR count). The van der Waals surface area contributed by atoms with Crippen LogP contribution in [0.15, 0.2) is 24.3 Å². The molecule has 0 aromatic heterocycles. The molecule has 0 saturated carbocycles. The zero-order valence-corrected chi connectivity index (χ0v) is 14.5. The van der Waals surface area contributed by atoms with E-state index >= 15 is 0 Å². The Morgan fingerprint density at radius 2 is 1.86 bits per heavy atom. The molecule has 3 N–H and O–H groups in total. The molecule has 0 heterocycles. The number of nitrogens with two attached hydrogens (primary N) is 1. The van der Waals surface area contributed by atoms with Crippen LogP contribution >= 0.6 is 12.4 Å². The Bertz CT molecular complexity index is 561. The van der Waals surface area contributed by atoms with Crippen LogP contribution < -0.4 is 11.1 Å². The zero-order chi connectivity index (χ0) is 15.9. The third-order valence-electron chi connectivity index (χ3n) is 3.14. The van der Waals surface area contributed by atoms with Gasteiger partial charge < -0.3 is 11.1 Å². The molecular weight excluding hydrogens is 326 g/mol. The van der Waals surface area contributed by atoms with Gasteiger partial charge in [0.1, 0.15) is 0 Å². The van der Waals surface area contributed by atoms with E-state index < -0.39 is 10.0 Å². The molecule has 1 aromatic carbocycles. The standard InChI is InChI=1S/C14H23N3O3S.ClH/c1-3-17(21(2,19)20)10-4-9-16-14(18)13-7-5-12(11-15)6-8-13;/h5-8H,3-4,9-11,15H2,1-2H3,(H,16,18);1H. The van der Waals surface area contributed by atoms with Crippen molar-refractivity contribution in [3.8, 4) is 0 Å². The summed E-state index contributed by atoms with van der Waals surface area (Å²) in [5.41, 5.74) is 7.04. The van der Waals surface area contributed by atoms with Gasteiger partial charge in [-0.1, -0.05) is 19.1 Å². The topological polar surface area (TPSA) is 92.5 Å². The van der Waals surface area contributed by atoms with Crippen molar-refractivity contribution >= 4 is 28.3 Å². The largest absolute Gasteiger partial charge is 0.352 e. The number of rotatable bonds is 8. The van der Waals surface area contributed by atoms with E-state index in [1.54, 1.807) is 19.1 Å². The van der Waals surface area contributed by atoms with E-state index in [-0.39, 0.29) is 18.3 Å². The summed E-state index contributed by atoms with van der Waals surface area (Å²) in [7, 11) is -3.17. The average molecular weight is 350 g/mol. The van der Waals surface area contributed by atoms with Crippen LogP contribution in [0.25, 0.3) is 0 Å². The van der Waals surface area contributed by atoms with Crippen molar-refractivity contribution in [2.75, 3.05) is 25.9 Å². The number of hydrogen-bond acceptors (Lipinski definition) is 4. The number of halogens is 1. The lowest BCUT2D eigenvalue weighted by molar-refractivity contribution is 0.0953. The Hall–Kier alpha value is -1.15. The lowest BCUT2D eigenvalue weighted by Crippen LogP contribution is -2.33. The highest BCUT2D eigenvalue weighted by Gasteiger charge is 2.13. The number of carbonyl (C=O) groups excluding carboxylic acids is 1.